The minimum atomic E-state index is -0.507. The second-order valence-electron chi connectivity index (χ2n) is 6.57. The van der Waals surface area contributed by atoms with Crippen LogP contribution in [0.4, 0.5) is 5.69 Å². The molecule has 27 heavy (non-hydrogen) atoms. The molecule has 142 valence electrons. The molecule has 2 atom stereocenters. The van der Waals surface area contributed by atoms with Gasteiger partial charge in [-0.25, -0.2) is 4.98 Å². The second-order valence-corrected chi connectivity index (χ2v) is 6.57. The van der Waals surface area contributed by atoms with E-state index in [1.807, 2.05) is 32.0 Å². The van der Waals surface area contributed by atoms with Gasteiger partial charge in [0.2, 0.25) is 5.88 Å². The molecule has 8 heteroatoms. The van der Waals surface area contributed by atoms with Crippen LogP contribution >= 0.6 is 0 Å². The zero-order valence-corrected chi connectivity index (χ0v) is 15.4. The number of aromatic nitrogens is 1. The summed E-state index contributed by atoms with van der Waals surface area (Å²) in [6.07, 6.45) is 0.516. The summed E-state index contributed by atoms with van der Waals surface area (Å²) in [4.78, 5) is 29.0. The van der Waals surface area contributed by atoms with Crippen LogP contribution in [-0.4, -0.2) is 53.1 Å². The van der Waals surface area contributed by atoms with Gasteiger partial charge >= 0.3 is 0 Å². The van der Waals surface area contributed by atoms with Crippen molar-refractivity contribution in [2.75, 3.05) is 20.2 Å². The molecule has 1 saturated heterocycles. The maximum absolute atomic E-state index is 12.9. The van der Waals surface area contributed by atoms with Crippen LogP contribution in [0.2, 0.25) is 0 Å². The summed E-state index contributed by atoms with van der Waals surface area (Å²) in [5, 5.41) is 10.9. The van der Waals surface area contributed by atoms with Crippen LogP contribution in [0.3, 0.4) is 0 Å². The maximum atomic E-state index is 12.9. The van der Waals surface area contributed by atoms with Crippen LogP contribution in [0.25, 0.3) is 0 Å². The van der Waals surface area contributed by atoms with Gasteiger partial charge in [0.05, 0.1) is 24.1 Å². The van der Waals surface area contributed by atoms with Crippen molar-refractivity contribution < 1.29 is 19.2 Å². The molecule has 1 aliphatic heterocycles. The number of pyridine rings is 1. The van der Waals surface area contributed by atoms with E-state index in [9.17, 15) is 14.9 Å². The fraction of sp³-hybridized carbons (Fsp3) is 0.368. The Hall–Kier alpha value is -3.00. The quantitative estimate of drug-likeness (QED) is 0.592. The first-order chi connectivity index (χ1) is 12.9. The van der Waals surface area contributed by atoms with Crippen LogP contribution < -0.4 is 4.74 Å². The monoisotopic (exact) mass is 371 g/mol. The van der Waals surface area contributed by atoms with Crippen molar-refractivity contribution in [3.05, 3.63) is 63.3 Å². The summed E-state index contributed by atoms with van der Waals surface area (Å²) in [6, 6.07) is 8.32. The van der Waals surface area contributed by atoms with Gasteiger partial charge in [0.1, 0.15) is 12.2 Å². The highest BCUT2D eigenvalue weighted by Crippen LogP contribution is 2.24. The predicted molar refractivity (Wildman–Crippen MR) is 97.9 cm³/mol. The number of nitro groups is 1. The van der Waals surface area contributed by atoms with Gasteiger partial charge in [-0.05, 0) is 25.5 Å². The summed E-state index contributed by atoms with van der Waals surface area (Å²) >= 11 is 0. The Morgan fingerprint density at radius 2 is 1.96 bits per heavy atom. The number of amides is 1. The van der Waals surface area contributed by atoms with E-state index in [4.69, 9.17) is 9.47 Å². The van der Waals surface area contributed by atoms with E-state index in [1.165, 1.54) is 18.3 Å². The topological polar surface area (TPSA) is 94.8 Å². The van der Waals surface area contributed by atoms with E-state index in [-0.39, 0.29) is 23.6 Å². The number of carbonyl (C=O) groups excluding carboxylic acids is 1. The van der Waals surface area contributed by atoms with Gasteiger partial charge in [-0.3, -0.25) is 14.9 Å². The van der Waals surface area contributed by atoms with E-state index < -0.39 is 11.0 Å². The molecule has 0 saturated carbocycles. The van der Waals surface area contributed by atoms with Crippen molar-refractivity contribution in [2.45, 2.75) is 26.1 Å². The maximum Gasteiger partial charge on any atom is 0.276 e. The first-order valence-corrected chi connectivity index (χ1v) is 8.55. The molecular formula is C19H21N3O5. The van der Waals surface area contributed by atoms with Gasteiger partial charge in [-0.2, -0.15) is 0 Å². The predicted octanol–water partition coefficient (Wildman–Crippen LogP) is 2.53. The number of likely N-dealkylation sites (tertiary alicyclic amines) is 1. The van der Waals surface area contributed by atoms with Gasteiger partial charge in [0, 0.05) is 24.9 Å². The molecule has 1 fully saturated rings. The van der Waals surface area contributed by atoms with Gasteiger partial charge in [-0.1, -0.05) is 17.7 Å². The Morgan fingerprint density at radius 3 is 2.67 bits per heavy atom. The SMILES string of the molecule is CO[C@@H]1CN(C(=O)c2cc(C)ccc2C)C[C@H]1Oc1cc([N+](=O)[O-])ccn1. The van der Waals surface area contributed by atoms with Crippen molar-refractivity contribution in [2.24, 2.45) is 0 Å². The minimum absolute atomic E-state index is 0.0867. The third-order valence-electron chi connectivity index (χ3n) is 4.63. The van der Waals surface area contributed by atoms with Crippen LogP contribution in [0.1, 0.15) is 21.5 Å². The van der Waals surface area contributed by atoms with Crippen molar-refractivity contribution in [3.63, 3.8) is 0 Å². The van der Waals surface area contributed by atoms with E-state index in [0.717, 1.165) is 11.1 Å². The molecule has 2 aromatic rings. The molecule has 1 aliphatic rings. The Labute approximate surface area is 156 Å². The smallest absolute Gasteiger partial charge is 0.276 e. The summed E-state index contributed by atoms with van der Waals surface area (Å²) < 4.78 is 11.3. The number of carbonyl (C=O) groups is 1. The number of nitrogens with zero attached hydrogens (tertiary/aromatic N) is 3. The lowest BCUT2D eigenvalue weighted by molar-refractivity contribution is -0.385. The van der Waals surface area contributed by atoms with Gasteiger partial charge in [-0.15, -0.1) is 0 Å². The van der Waals surface area contributed by atoms with Crippen molar-refractivity contribution in [1.82, 2.24) is 9.88 Å². The number of benzene rings is 1. The molecule has 0 spiro atoms. The van der Waals surface area contributed by atoms with Gasteiger partial charge in [0.25, 0.3) is 11.6 Å². The van der Waals surface area contributed by atoms with Crippen LogP contribution in [0, 0.1) is 24.0 Å². The first kappa shape index (κ1) is 18.8. The molecule has 0 bridgehead atoms. The molecule has 0 unspecified atom stereocenters. The molecule has 8 nitrogen and oxygen atoms in total. The standard InChI is InChI=1S/C19H21N3O5/c1-12-4-5-13(2)15(8-12)19(23)21-10-16(26-3)17(11-21)27-18-9-14(22(24)25)6-7-20-18/h4-9,16-17H,10-11H2,1-3H3/t16-,17-/m1/s1. The number of methoxy groups -OCH3 is 1. The number of ether oxygens (including phenoxy) is 2. The first-order valence-electron chi connectivity index (χ1n) is 8.55. The van der Waals surface area contributed by atoms with Gasteiger partial charge in [0.15, 0.2) is 0 Å². The minimum Gasteiger partial charge on any atom is -0.469 e. The van der Waals surface area contributed by atoms with E-state index in [0.29, 0.717) is 18.7 Å². The summed E-state index contributed by atoms with van der Waals surface area (Å²) in [5.41, 5.74) is 2.47. The second kappa shape index (κ2) is 7.71. The van der Waals surface area contributed by atoms with Crippen molar-refractivity contribution >= 4 is 11.6 Å². The Balaban J connectivity index is 1.77. The zero-order chi connectivity index (χ0) is 19.6. The van der Waals surface area contributed by atoms with E-state index in [2.05, 4.69) is 4.98 Å². The van der Waals surface area contributed by atoms with Gasteiger partial charge < -0.3 is 14.4 Å². The highest BCUT2D eigenvalue weighted by atomic mass is 16.6. The van der Waals surface area contributed by atoms with Crippen LogP contribution in [0.5, 0.6) is 5.88 Å². The molecular weight excluding hydrogens is 350 g/mol. The molecule has 2 heterocycles. The van der Waals surface area contributed by atoms with Crippen molar-refractivity contribution in [1.29, 1.82) is 0 Å². The third kappa shape index (κ3) is 4.06. The summed E-state index contributed by atoms with van der Waals surface area (Å²) in [7, 11) is 1.55. The largest absolute Gasteiger partial charge is 0.469 e. The lowest BCUT2D eigenvalue weighted by Crippen LogP contribution is -2.32. The van der Waals surface area contributed by atoms with Crippen molar-refractivity contribution in [3.8, 4) is 5.88 Å². The average molecular weight is 371 g/mol. The van der Waals surface area contributed by atoms with E-state index >= 15 is 0 Å². The molecule has 1 aromatic heterocycles. The normalized spacial score (nSPS) is 19.1. The zero-order valence-electron chi connectivity index (χ0n) is 15.4. The highest BCUT2D eigenvalue weighted by molar-refractivity contribution is 5.96. The number of hydrogen-bond acceptors (Lipinski definition) is 6. The van der Waals surface area contributed by atoms with Crippen LogP contribution in [0.15, 0.2) is 36.5 Å². The Morgan fingerprint density at radius 1 is 1.22 bits per heavy atom. The number of hydrogen-bond donors (Lipinski definition) is 0. The third-order valence-corrected chi connectivity index (χ3v) is 4.63. The Bertz CT molecular complexity index is 870. The fourth-order valence-corrected chi connectivity index (χ4v) is 3.12. The lowest BCUT2D eigenvalue weighted by Gasteiger charge is -2.18. The summed E-state index contributed by atoms with van der Waals surface area (Å²) in [6.45, 7) is 4.53. The molecule has 1 amide bonds. The molecule has 3 rings (SSSR count). The molecule has 0 radical (unpaired) electrons. The Kier molecular flexibility index (Phi) is 5.36. The molecule has 1 aromatic carbocycles. The van der Waals surface area contributed by atoms with Crippen LogP contribution in [-0.2, 0) is 4.74 Å². The highest BCUT2D eigenvalue weighted by Gasteiger charge is 2.38. The molecule has 0 aliphatic carbocycles. The number of aryl methyl sites for hydroxylation is 2. The lowest BCUT2D eigenvalue weighted by atomic mass is 10.0. The molecule has 0 N–H and O–H groups in total. The van der Waals surface area contributed by atoms with E-state index in [1.54, 1.807) is 12.0 Å². The number of rotatable bonds is 5. The fourth-order valence-electron chi connectivity index (χ4n) is 3.12. The average Bonchev–Trinajstić information content (AvgIpc) is 3.06. The summed E-state index contributed by atoms with van der Waals surface area (Å²) in [5.74, 6) is 0.0497.